The molecular formula is C14H16N2O2S2. The smallest absolute Gasteiger partial charge is 0.262 e. The summed E-state index contributed by atoms with van der Waals surface area (Å²) in [5, 5.41) is 0.679. The number of hydrogen-bond acceptors (Lipinski definition) is 4. The van der Waals surface area contributed by atoms with Crippen LogP contribution in [-0.4, -0.2) is 12.8 Å². The molecule has 0 unspecified atom stereocenters. The Labute approximate surface area is 123 Å². The second-order valence-corrected chi connectivity index (χ2v) is 7.59. The number of anilines is 1. The summed E-state index contributed by atoms with van der Waals surface area (Å²) in [6, 6.07) is 5.46. The van der Waals surface area contributed by atoms with E-state index in [0.717, 1.165) is 41.6 Å². The van der Waals surface area contributed by atoms with Gasteiger partial charge in [0.2, 0.25) is 0 Å². The Morgan fingerprint density at radius 2 is 2.05 bits per heavy atom. The third kappa shape index (κ3) is 2.33. The molecule has 0 saturated carbocycles. The average molecular weight is 308 g/mol. The predicted octanol–water partition coefficient (Wildman–Crippen LogP) is 3.05. The summed E-state index contributed by atoms with van der Waals surface area (Å²) in [5.74, 6) is 0. The maximum Gasteiger partial charge on any atom is 0.262 e. The third-order valence-corrected chi connectivity index (χ3v) is 6.03. The first-order valence-corrected chi connectivity index (χ1v) is 8.80. The lowest BCUT2D eigenvalue weighted by Crippen LogP contribution is -2.14. The minimum atomic E-state index is -3.54. The van der Waals surface area contributed by atoms with Crippen molar-refractivity contribution in [2.24, 2.45) is 0 Å². The number of nitrogens with zero attached hydrogens (tertiary/aromatic N) is 1. The number of aryl methyl sites for hydroxylation is 3. The van der Waals surface area contributed by atoms with Crippen molar-refractivity contribution in [1.82, 2.24) is 4.37 Å². The number of fused-ring (bicyclic) bond motifs is 1. The molecule has 1 aliphatic rings. The molecule has 1 heterocycles. The Morgan fingerprint density at radius 1 is 1.25 bits per heavy atom. The van der Waals surface area contributed by atoms with Crippen molar-refractivity contribution in [3.8, 4) is 0 Å². The molecule has 1 aromatic carbocycles. The monoisotopic (exact) mass is 308 g/mol. The largest absolute Gasteiger partial charge is 0.269 e. The molecule has 0 fully saturated rings. The van der Waals surface area contributed by atoms with Crippen LogP contribution in [-0.2, 0) is 22.9 Å². The van der Waals surface area contributed by atoms with Crippen molar-refractivity contribution >= 4 is 26.6 Å². The Balaban J connectivity index is 1.98. The van der Waals surface area contributed by atoms with Crippen LogP contribution in [0.2, 0.25) is 0 Å². The summed E-state index contributed by atoms with van der Waals surface area (Å²) in [7, 11) is -3.54. The summed E-state index contributed by atoms with van der Waals surface area (Å²) in [6.45, 7) is 3.70. The standard InChI is InChI=1S/C14H16N2O2S2/c1-9-6-7-10(2)13(8-9)20(17,18)16-14-11-4-3-5-12(11)15-19-14/h6-8,16H,3-5H2,1-2H3. The van der Waals surface area contributed by atoms with Crippen molar-refractivity contribution in [2.45, 2.75) is 38.0 Å². The molecule has 1 aromatic heterocycles. The highest BCUT2D eigenvalue weighted by Gasteiger charge is 2.24. The molecule has 6 heteroatoms. The molecule has 106 valence electrons. The number of rotatable bonds is 3. The number of nitrogens with one attached hydrogen (secondary N) is 1. The van der Waals surface area contributed by atoms with Gasteiger partial charge in [-0.1, -0.05) is 12.1 Å². The fourth-order valence-electron chi connectivity index (χ4n) is 2.48. The van der Waals surface area contributed by atoms with Crippen molar-refractivity contribution in [1.29, 1.82) is 0 Å². The van der Waals surface area contributed by atoms with Gasteiger partial charge in [-0.3, -0.25) is 4.72 Å². The molecule has 0 bridgehead atoms. The molecule has 0 spiro atoms. The van der Waals surface area contributed by atoms with E-state index in [0.29, 0.717) is 9.90 Å². The SMILES string of the molecule is Cc1ccc(C)c(S(=O)(=O)Nc2snc3c2CCC3)c1. The molecule has 2 aromatic rings. The number of hydrogen-bond donors (Lipinski definition) is 1. The second-order valence-electron chi connectivity index (χ2n) is 5.16. The molecule has 0 saturated heterocycles. The second kappa shape index (κ2) is 4.86. The van der Waals surface area contributed by atoms with Gasteiger partial charge in [0, 0.05) is 5.56 Å². The van der Waals surface area contributed by atoms with Crippen molar-refractivity contribution in [3.05, 3.63) is 40.6 Å². The van der Waals surface area contributed by atoms with Gasteiger partial charge in [0.15, 0.2) is 0 Å². The van der Waals surface area contributed by atoms with Gasteiger partial charge in [0.05, 0.1) is 10.6 Å². The first kappa shape index (κ1) is 13.6. The van der Waals surface area contributed by atoms with Crippen LogP contribution in [0.1, 0.15) is 28.8 Å². The van der Waals surface area contributed by atoms with E-state index in [4.69, 9.17) is 0 Å². The van der Waals surface area contributed by atoms with E-state index in [1.807, 2.05) is 26.0 Å². The first-order valence-electron chi connectivity index (χ1n) is 6.55. The molecular weight excluding hydrogens is 292 g/mol. The zero-order chi connectivity index (χ0) is 14.3. The van der Waals surface area contributed by atoms with E-state index in [-0.39, 0.29) is 0 Å². The molecule has 0 aliphatic heterocycles. The van der Waals surface area contributed by atoms with Crippen molar-refractivity contribution in [2.75, 3.05) is 4.72 Å². The van der Waals surface area contributed by atoms with E-state index in [1.54, 1.807) is 6.07 Å². The summed E-state index contributed by atoms with van der Waals surface area (Å²) >= 11 is 1.24. The van der Waals surface area contributed by atoms with Crippen molar-refractivity contribution < 1.29 is 8.42 Å². The fourth-order valence-corrected chi connectivity index (χ4v) is 5.00. The van der Waals surface area contributed by atoms with Gasteiger partial charge < -0.3 is 0 Å². The average Bonchev–Trinajstić information content (AvgIpc) is 2.97. The van der Waals surface area contributed by atoms with Crippen LogP contribution in [0.3, 0.4) is 0 Å². The van der Waals surface area contributed by atoms with Crippen LogP contribution in [0, 0.1) is 13.8 Å². The zero-order valence-electron chi connectivity index (χ0n) is 11.4. The van der Waals surface area contributed by atoms with Gasteiger partial charge in [0.1, 0.15) is 5.00 Å². The quantitative estimate of drug-likeness (QED) is 0.948. The lowest BCUT2D eigenvalue weighted by Gasteiger charge is -2.10. The molecule has 0 radical (unpaired) electrons. The highest BCUT2D eigenvalue weighted by atomic mass is 32.2. The predicted molar refractivity (Wildman–Crippen MR) is 80.9 cm³/mol. The number of benzene rings is 1. The fraction of sp³-hybridized carbons (Fsp3) is 0.357. The van der Waals surface area contributed by atoms with Crippen molar-refractivity contribution in [3.63, 3.8) is 0 Å². The van der Waals surface area contributed by atoms with Gasteiger partial charge >= 0.3 is 0 Å². The molecule has 3 rings (SSSR count). The number of sulfonamides is 1. The first-order chi connectivity index (χ1) is 9.47. The Hall–Kier alpha value is -1.40. The Kier molecular flexibility index (Phi) is 3.30. The van der Waals surface area contributed by atoms with Gasteiger partial charge in [0.25, 0.3) is 10.0 Å². The van der Waals surface area contributed by atoms with Crippen LogP contribution in [0.4, 0.5) is 5.00 Å². The maximum atomic E-state index is 12.5. The van der Waals surface area contributed by atoms with Crippen LogP contribution in [0.15, 0.2) is 23.1 Å². The van der Waals surface area contributed by atoms with E-state index in [2.05, 4.69) is 9.10 Å². The number of aromatic nitrogens is 1. The minimum absolute atomic E-state index is 0.345. The molecule has 0 atom stereocenters. The van der Waals surface area contributed by atoms with Gasteiger partial charge in [-0.15, -0.1) is 0 Å². The minimum Gasteiger partial charge on any atom is -0.269 e. The van der Waals surface area contributed by atoms with Crippen LogP contribution in [0.5, 0.6) is 0 Å². The Morgan fingerprint density at radius 3 is 2.85 bits per heavy atom. The summed E-state index contributed by atoms with van der Waals surface area (Å²) < 4.78 is 32.1. The van der Waals surface area contributed by atoms with E-state index in [1.165, 1.54) is 11.5 Å². The van der Waals surface area contributed by atoms with Gasteiger partial charge in [-0.25, -0.2) is 8.42 Å². The van der Waals surface area contributed by atoms with Gasteiger partial charge in [-0.05, 0) is 61.8 Å². The van der Waals surface area contributed by atoms with E-state index in [9.17, 15) is 8.42 Å². The normalized spacial score (nSPS) is 14.3. The Bertz CT molecular complexity index is 763. The molecule has 1 aliphatic carbocycles. The van der Waals surface area contributed by atoms with Gasteiger partial charge in [-0.2, -0.15) is 4.37 Å². The highest BCUT2D eigenvalue weighted by Crippen LogP contribution is 2.33. The lowest BCUT2D eigenvalue weighted by molar-refractivity contribution is 0.600. The van der Waals surface area contributed by atoms with Crippen LogP contribution in [0.25, 0.3) is 0 Å². The molecule has 4 nitrogen and oxygen atoms in total. The maximum absolute atomic E-state index is 12.5. The summed E-state index contributed by atoms with van der Waals surface area (Å²) in [5.41, 5.74) is 3.81. The van der Waals surface area contributed by atoms with Crippen LogP contribution < -0.4 is 4.72 Å². The molecule has 0 amide bonds. The van der Waals surface area contributed by atoms with E-state index >= 15 is 0 Å². The lowest BCUT2D eigenvalue weighted by atomic mass is 10.2. The van der Waals surface area contributed by atoms with E-state index < -0.39 is 10.0 Å². The van der Waals surface area contributed by atoms with Crippen LogP contribution >= 0.6 is 11.5 Å². The topological polar surface area (TPSA) is 59.1 Å². The highest BCUT2D eigenvalue weighted by molar-refractivity contribution is 7.93. The molecule has 1 N–H and O–H groups in total. The summed E-state index contributed by atoms with van der Waals surface area (Å²) in [4.78, 5) is 0.345. The molecule has 20 heavy (non-hydrogen) atoms. The zero-order valence-corrected chi connectivity index (χ0v) is 13.1. The summed E-state index contributed by atoms with van der Waals surface area (Å²) in [6.07, 6.45) is 2.93. The third-order valence-electron chi connectivity index (χ3n) is 3.57.